The molecule has 0 bridgehead atoms. The maximum Gasteiger partial charge on any atom is 0.240 e. The van der Waals surface area contributed by atoms with E-state index in [1.54, 1.807) is 19.1 Å². The average Bonchev–Trinajstić information content (AvgIpc) is 2.68. The van der Waals surface area contributed by atoms with Crippen LogP contribution >= 0.6 is 0 Å². The second-order valence-electron chi connectivity index (χ2n) is 6.87. The minimum absolute atomic E-state index is 0.132. The number of nitrogens with one attached hydrogen (secondary N) is 2. The molecule has 7 heteroatoms. The van der Waals surface area contributed by atoms with Crippen LogP contribution in [0.25, 0.3) is 10.8 Å². The van der Waals surface area contributed by atoms with E-state index in [1.807, 2.05) is 42.5 Å². The van der Waals surface area contributed by atoms with Crippen molar-refractivity contribution >= 4 is 32.4 Å². The fraction of sp³-hybridized carbons (Fsp3) is 0.227. The molecule has 0 fully saturated rings. The number of hydrogen-bond acceptors (Lipinski definition) is 4. The van der Waals surface area contributed by atoms with Gasteiger partial charge in [0, 0.05) is 18.8 Å². The predicted octanol–water partition coefficient (Wildman–Crippen LogP) is 3.33. The second kappa shape index (κ2) is 9.17. The molecular weight excluding hydrogens is 388 g/mol. The van der Waals surface area contributed by atoms with Crippen LogP contribution in [-0.2, 0) is 26.0 Å². The average molecular weight is 413 g/mol. The number of ether oxygens (including phenoxy) is 1. The Labute approximate surface area is 170 Å². The summed E-state index contributed by atoms with van der Waals surface area (Å²) in [5.74, 6) is -0.163. The number of sulfonamides is 1. The molecular formula is C22H24N2O4S. The fourth-order valence-corrected chi connectivity index (χ4v) is 4.39. The Kier molecular flexibility index (Phi) is 6.64. The van der Waals surface area contributed by atoms with Gasteiger partial charge in [0.15, 0.2) is 0 Å². The molecule has 152 valence electrons. The molecule has 1 amide bonds. The summed E-state index contributed by atoms with van der Waals surface area (Å²) in [6.07, 6.45) is 0.234. The number of fused-ring (bicyclic) bond motifs is 1. The fourth-order valence-electron chi connectivity index (χ4n) is 3.16. The lowest BCUT2D eigenvalue weighted by molar-refractivity contribution is -0.115. The Balaban J connectivity index is 1.67. The van der Waals surface area contributed by atoms with Gasteiger partial charge in [-0.3, -0.25) is 4.79 Å². The minimum atomic E-state index is -3.64. The molecule has 0 spiro atoms. The molecule has 0 saturated carbocycles. The standard InChI is InChI=1S/C22H24N2O4S/c1-16(15-28-2)24-29(26,27)20-12-10-19(11-13-20)23-22(25)14-18-8-5-7-17-6-3-4-9-21(17)18/h3-13,16,24H,14-15H2,1-2H3,(H,23,25)/t16-/m1/s1. The summed E-state index contributed by atoms with van der Waals surface area (Å²) >= 11 is 0. The number of rotatable bonds is 8. The molecule has 0 saturated heterocycles. The third-order valence-electron chi connectivity index (χ3n) is 4.45. The molecule has 6 nitrogen and oxygen atoms in total. The van der Waals surface area contributed by atoms with Crippen LogP contribution in [0, 0.1) is 0 Å². The predicted molar refractivity (Wildman–Crippen MR) is 114 cm³/mol. The first-order chi connectivity index (χ1) is 13.9. The maximum absolute atomic E-state index is 12.5. The number of carbonyl (C=O) groups excluding carboxylic acids is 1. The van der Waals surface area contributed by atoms with Gasteiger partial charge in [-0.05, 0) is 47.5 Å². The molecule has 0 heterocycles. The zero-order valence-corrected chi connectivity index (χ0v) is 17.2. The Morgan fingerprint density at radius 3 is 2.41 bits per heavy atom. The minimum Gasteiger partial charge on any atom is -0.383 e. The molecule has 29 heavy (non-hydrogen) atoms. The summed E-state index contributed by atoms with van der Waals surface area (Å²) < 4.78 is 32.2. The van der Waals surface area contributed by atoms with E-state index in [0.717, 1.165) is 16.3 Å². The molecule has 3 aromatic carbocycles. The Morgan fingerprint density at radius 1 is 1.00 bits per heavy atom. The highest BCUT2D eigenvalue weighted by atomic mass is 32.2. The molecule has 3 rings (SSSR count). The monoisotopic (exact) mass is 412 g/mol. The summed E-state index contributed by atoms with van der Waals surface area (Å²) in [4.78, 5) is 12.6. The molecule has 2 N–H and O–H groups in total. The van der Waals surface area contributed by atoms with Gasteiger partial charge in [0.25, 0.3) is 0 Å². The summed E-state index contributed by atoms with van der Waals surface area (Å²) in [6.45, 7) is 2.00. The van der Waals surface area contributed by atoms with E-state index in [1.165, 1.54) is 19.2 Å². The first-order valence-electron chi connectivity index (χ1n) is 9.27. The van der Waals surface area contributed by atoms with Crippen LogP contribution in [0.4, 0.5) is 5.69 Å². The van der Waals surface area contributed by atoms with E-state index in [9.17, 15) is 13.2 Å². The Hall–Kier alpha value is -2.74. The van der Waals surface area contributed by atoms with Crippen LogP contribution in [0.2, 0.25) is 0 Å². The van der Waals surface area contributed by atoms with Gasteiger partial charge in [-0.1, -0.05) is 42.5 Å². The largest absolute Gasteiger partial charge is 0.383 e. The van der Waals surface area contributed by atoms with Gasteiger partial charge in [0.05, 0.1) is 17.9 Å². The molecule has 0 aromatic heterocycles. The van der Waals surface area contributed by atoms with Gasteiger partial charge in [-0.25, -0.2) is 13.1 Å². The second-order valence-corrected chi connectivity index (χ2v) is 8.58. The van der Waals surface area contributed by atoms with E-state index in [4.69, 9.17) is 4.74 Å². The van der Waals surface area contributed by atoms with E-state index in [2.05, 4.69) is 10.0 Å². The molecule has 0 unspecified atom stereocenters. The number of hydrogen-bond donors (Lipinski definition) is 2. The molecule has 1 atom stereocenters. The van der Waals surface area contributed by atoms with Crippen molar-refractivity contribution < 1.29 is 17.9 Å². The quantitative estimate of drug-likeness (QED) is 0.594. The maximum atomic E-state index is 12.5. The summed E-state index contributed by atoms with van der Waals surface area (Å²) in [7, 11) is -2.13. The molecule has 0 aliphatic carbocycles. The zero-order valence-electron chi connectivity index (χ0n) is 16.4. The van der Waals surface area contributed by atoms with Gasteiger partial charge in [0.1, 0.15) is 0 Å². The van der Waals surface area contributed by atoms with Crippen LogP contribution in [0.3, 0.4) is 0 Å². The van der Waals surface area contributed by atoms with Gasteiger partial charge < -0.3 is 10.1 Å². The van der Waals surface area contributed by atoms with E-state index < -0.39 is 10.0 Å². The van der Waals surface area contributed by atoms with E-state index >= 15 is 0 Å². The zero-order chi connectivity index (χ0) is 20.9. The number of amides is 1. The van der Waals surface area contributed by atoms with Crippen molar-refractivity contribution in [2.75, 3.05) is 19.0 Å². The SMILES string of the molecule is COC[C@@H](C)NS(=O)(=O)c1ccc(NC(=O)Cc2cccc3ccccc23)cc1. The first-order valence-corrected chi connectivity index (χ1v) is 10.7. The molecule has 3 aromatic rings. The van der Waals surface area contributed by atoms with Crippen molar-refractivity contribution in [3.05, 3.63) is 72.3 Å². The lowest BCUT2D eigenvalue weighted by Gasteiger charge is -2.13. The van der Waals surface area contributed by atoms with Crippen molar-refractivity contribution in [1.29, 1.82) is 0 Å². The summed E-state index contributed by atoms with van der Waals surface area (Å²) in [6, 6.07) is 19.6. The number of benzene rings is 3. The van der Waals surface area contributed by atoms with Crippen LogP contribution in [0.5, 0.6) is 0 Å². The molecule has 0 aliphatic heterocycles. The van der Waals surface area contributed by atoms with Crippen molar-refractivity contribution in [3.63, 3.8) is 0 Å². The number of methoxy groups -OCH3 is 1. The van der Waals surface area contributed by atoms with E-state index in [-0.39, 0.29) is 29.9 Å². The van der Waals surface area contributed by atoms with Crippen molar-refractivity contribution in [2.45, 2.75) is 24.3 Å². The van der Waals surface area contributed by atoms with Gasteiger partial charge in [-0.2, -0.15) is 0 Å². The molecule has 0 radical (unpaired) electrons. The number of carbonyl (C=O) groups is 1. The van der Waals surface area contributed by atoms with Crippen LogP contribution in [-0.4, -0.2) is 34.1 Å². The van der Waals surface area contributed by atoms with Crippen molar-refractivity contribution in [1.82, 2.24) is 4.72 Å². The Morgan fingerprint density at radius 2 is 1.69 bits per heavy atom. The van der Waals surface area contributed by atoms with Gasteiger partial charge in [-0.15, -0.1) is 0 Å². The van der Waals surface area contributed by atoms with Gasteiger partial charge >= 0.3 is 0 Å². The highest BCUT2D eigenvalue weighted by molar-refractivity contribution is 7.89. The smallest absolute Gasteiger partial charge is 0.240 e. The van der Waals surface area contributed by atoms with Crippen LogP contribution in [0.1, 0.15) is 12.5 Å². The van der Waals surface area contributed by atoms with Crippen LogP contribution in [0.15, 0.2) is 71.6 Å². The van der Waals surface area contributed by atoms with Crippen molar-refractivity contribution in [2.24, 2.45) is 0 Å². The Bertz CT molecular complexity index is 1090. The third kappa shape index (κ3) is 5.41. The summed E-state index contributed by atoms with van der Waals surface area (Å²) in [5, 5.41) is 4.95. The van der Waals surface area contributed by atoms with Crippen molar-refractivity contribution in [3.8, 4) is 0 Å². The lowest BCUT2D eigenvalue weighted by Crippen LogP contribution is -2.35. The highest BCUT2D eigenvalue weighted by Gasteiger charge is 2.17. The van der Waals surface area contributed by atoms with Gasteiger partial charge in [0.2, 0.25) is 15.9 Å². The lowest BCUT2D eigenvalue weighted by atomic mass is 10.0. The third-order valence-corrected chi connectivity index (χ3v) is 6.06. The normalized spacial score (nSPS) is 12.6. The highest BCUT2D eigenvalue weighted by Crippen LogP contribution is 2.20. The molecule has 0 aliphatic rings. The topological polar surface area (TPSA) is 84.5 Å². The summed E-state index contributed by atoms with van der Waals surface area (Å²) in [5.41, 5.74) is 1.48. The first kappa shape index (κ1) is 21.0. The number of anilines is 1. The van der Waals surface area contributed by atoms with Crippen LogP contribution < -0.4 is 10.0 Å². The van der Waals surface area contributed by atoms with E-state index in [0.29, 0.717) is 5.69 Å².